The van der Waals surface area contributed by atoms with Gasteiger partial charge in [0.05, 0.1) is 19.1 Å². The lowest BCUT2D eigenvalue weighted by Gasteiger charge is -2.27. The Bertz CT molecular complexity index is 1130. The van der Waals surface area contributed by atoms with Gasteiger partial charge in [-0.05, 0) is 17.5 Å². The van der Waals surface area contributed by atoms with Gasteiger partial charge in [0.15, 0.2) is 0 Å². The summed E-state index contributed by atoms with van der Waals surface area (Å²) in [4.78, 5) is 64.1. The first-order valence-electron chi connectivity index (χ1n) is 11.8. The van der Waals surface area contributed by atoms with Crippen LogP contribution in [0.2, 0.25) is 0 Å². The molecule has 9 N–H and O–H groups in total. The predicted octanol–water partition coefficient (Wildman–Crippen LogP) is -0.910. The van der Waals surface area contributed by atoms with Gasteiger partial charge in [0.2, 0.25) is 17.7 Å². The highest BCUT2D eigenvalue weighted by Crippen LogP contribution is 2.19. The number of nitrogens with one attached hydrogen (secondary N) is 4. The van der Waals surface area contributed by atoms with Gasteiger partial charge in [0, 0.05) is 23.5 Å². The van der Waals surface area contributed by atoms with Gasteiger partial charge < -0.3 is 42.0 Å². The average Bonchev–Trinajstić information content (AvgIpc) is 3.26. The third-order valence-electron chi connectivity index (χ3n) is 6.05. The van der Waals surface area contributed by atoms with E-state index in [2.05, 4.69) is 20.9 Å². The number of carbonyl (C=O) groups excluding carboxylic acids is 3. The molecule has 0 aliphatic heterocycles. The maximum Gasteiger partial charge on any atom is 0.328 e. The van der Waals surface area contributed by atoms with Crippen LogP contribution in [0.3, 0.4) is 0 Å². The van der Waals surface area contributed by atoms with Crippen molar-refractivity contribution in [1.29, 1.82) is 0 Å². The molecule has 0 spiro atoms. The van der Waals surface area contributed by atoms with Crippen LogP contribution in [-0.2, 0) is 30.4 Å². The lowest BCUT2D eigenvalue weighted by atomic mass is 9.96. The topological polar surface area (TPSA) is 224 Å². The first kappa shape index (κ1) is 29.3. The molecule has 2 rings (SSSR count). The normalized spacial score (nSPS) is 15.1. The van der Waals surface area contributed by atoms with Crippen LogP contribution in [0.5, 0.6) is 0 Å². The molecule has 13 heteroatoms. The van der Waals surface area contributed by atoms with Crippen molar-refractivity contribution in [2.75, 3.05) is 6.61 Å². The van der Waals surface area contributed by atoms with E-state index in [4.69, 9.17) is 10.8 Å². The number of aliphatic carboxylic acids is 2. The molecule has 0 fully saturated rings. The summed E-state index contributed by atoms with van der Waals surface area (Å²) in [5.41, 5.74) is 7.08. The number of nitrogens with two attached hydrogens (primary N) is 1. The van der Waals surface area contributed by atoms with Crippen LogP contribution in [-0.4, -0.2) is 80.7 Å². The summed E-state index contributed by atoms with van der Waals surface area (Å²) < 4.78 is 0. The zero-order valence-corrected chi connectivity index (χ0v) is 20.6. The molecule has 0 saturated carbocycles. The Hall–Kier alpha value is -3.97. The van der Waals surface area contributed by atoms with E-state index in [-0.39, 0.29) is 6.42 Å². The number of hydrogen-bond donors (Lipinski definition) is 8. The molecule has 0 aliphatic rings. The highest BCUT2D eigenvalue weighted by Gasteiger charge is 2.33. The van der Waals surface area contributed by atoms with Crippen LogP contribution in [0.1, 0.15) is 32.3 Å². The molecule has 1 aromatic heterocycles. The van der Waals surface area contributed by atoms with Crippen molar-refractivity contribution in [3.63, 3.8) is 0 Å². The number of rotatable bonds is 14. The Labute approximate surface area is 212 Å². The molecule has 0 radical (unpaired) electrons. The lowest BCUT2D eigenvalue weighted by Crippen LogP contribution is -2.59. The van der Waals surface area contributed by atoms with Gasteiger partial charge in [-0.3, -0.25) is 19.2 Å². The number of hydrogen-bond acceptors (Lipinski definition) is 7. The zero-order valence-electron chi connectivity index (χ0n) is 20.6. The maximum atomic E-state index is 13.3. The van der Waals surface area contributed by atoms with E-state index >= 15 is 0 Å². The van der Waals surface area contributed by atoms with Gasteiger partial charge in [-0.25, -0.2) is 4.79 Å². The van der Waals surface area contributed by atoms with Crippen LogP contribution < -0.4 is 21.7 Å². The van der Waals surface area contributed by atoms with E-state index in [1.54, 1.807) is 26.1 Å². The number of aliphatic hydroxyl groups is 1. The molecule has 1 aromatic carbocycles. The van der Waals surface area contributed by atoms with E-state index in [1.165, 1.54) is 0 Å². The minimum absolute atomic E-state index is 0.0287. The Morgan fingerprint density at radius 1 is 0.973 bits per heavy atom. The Balaban J connectivity index is 2.31. The molecule has 202 valence electrons. The first-order valence-corrected chi connectivity index (χ1v) is 11.8. The summed E-state index contributed by atoms with van der Waals surface area (Å²) >= 11 is 0. The molecule has 0 aliphatic carbocycles. The predicted molar refractivity (Wildman–Crippen MR) is 132 cm³/mol. The Morgan fingerprint density at radius 2 is 1.62 bits per heavy atom. The fourth-order valence-corrected chi connectivity index (χ4v) is 3.69. The van der Waals surface area contributed by atoms with Crippen molar-refractivity contribution in [3.8, 4) is 0 Å². The molecular weight excluding hydrogens is 486 g/mol. The number of H-pyrrole nitrogens is 1. The number of fused-ring (bicyclic) bond motifs is 1. The van der Waals surface area contributed by atoms with Crippen molar-refractivity contribution < 1.29 is 39.3 Å². The molecule has 3 amide bonds. The minimum atomic E-state index is -1.59. The summed E-state index contributed by atoms with van der Waals surface area (Å²) in [6, 6.07) is 1.87. The Kier molecular flexibility index (Phi) is 10.6. The van der Waals surface area contributed by atoms with Gasteiger partial charge in [0.25, 0.3) is 0 Å². The van der Waals surface area contributed by atoms with Crippen LogP contribution in [0.15, 0.2) is 30.5 Å². The fourth-order valence-electron chi connectivity index (χ4n) is 3.69. The third-order valence-corrected chi connectivity index (χ3v) is 6.05. The number of carbonyl (C=O) groups is 5. The summed E-state index contributed by atoms with van der Waals surface area (Å²) in [5.74, 6) is -5.57. The Morgan fingerprint density at radius 3 is 2.22 bits per heavy atom. The fraction of sp³-hybridized carbons (Fsp3) is 0.458. The quantitative estimate of drug-likeness (QED) is 0.154. The number of carboxylic acid groups (broad SMARTS) is 2. The third kappa shape index (κ3) is 8.02. The number of carboxylic acids is 2. The van der Waals surface area contributed by atoms with Crippen LogP contribution in [0.4, 0.5) is 0 Å². The van der Waals surface area contributed by atoms with Gasteiger partial charge >= 0.3 is 11.9 Å². The highest BCUT2D eigenvalue weighted by molar-refractivity contribution is 5.95. The van der Waals surface area contributed by atoms with Gasteiger partial charge in [-0.15, -0.1) is 0 Å². The molecule has 2 aromatic rings. The highest BCUT2D eigenvalue weighted by atomic mass is 16.4. The lowest BCUT2D eigenvalue weighted by molar-refractivity contribution is -0.143. The largest absolute Gasteiger partial charge is 0.481 e. The monoisotopic (exact) mass is 519 g/mol. The van der Waals surface area contributed by atoms with Gasteiger partial charge in [0.1, 0.15) is 18.1 Å². The summed E-state index contributed by atoms with van der Waals surface area (Å²) in [6.45, 7) is 2.61. The van der Waals surface area contributed by atoms with E-state index < -0.39 is 72.8 Å². The van der Waals surface area contributed by atoms with Crippen LogP contribution in [0.25, 0.3) is 10.9 Å². The average molecular weight is 520 g/mol. The number of aliphatic hydroxyl groups excluding tert-OH is 1. The van der Waals surface area contributed by atoms with Crippen molar-refractivity contribution >= 4 is 40.6 Å². The van der Waals surface area contributed by atoms with Crippen LogP contribution in [0, 0.1) is 5.92 Å². The minimum Gasteiger partial charge on any atom is -0.481 e. The van der Waals surface area contributed by atoms with Crippen molar-refractivity contribution in [2.45, 2.75) is 57.3 Å². The second-order valence-electron chi connectivity index (χ2n) is 8.78. The van der Waals surface area contributed by atoms with Crippen molar-refractivity contribution in [2.24, 2.45) is 11.7 Å². The summed E-state index contributed by atoms with van der Waals surface area (Å²) in [5, 5.41) is 35.5. The number of benzene rings is 1. The van der Waals surface area contributed by atoms with E-state index in [0.29, 0.717) is 12.0 Å². The van der Waals surface area contributed by atoms with Crippen molar-refractivity contribution in [1.82, 2.24) is 20.9 Å². The number of amides is 3. The van der Waals surface area contributed by atoms with Gasteiger partial charge in [-0.2, -0.15) is 0 Å². The molecule has 0 bridgehead atoms. The smallest absolute Gasteiger partial charge is 0.328 e. The summed E-state index contributed by atoms with van der Waals surface area (Å²) in [7, 11) is 0. The number of aromatic nitrogens is 1. The standard InChI is InChI=1S/C24H33N5O8/c1-3-12(2)20(29-21(33)15(25)9-19(31)32)23(35)27-17(22(34)28-18(11-30)24(36)37)8-13-10-26-16-7-5-4-6-14(13)16/h4-7,10,12,15,17-18,20,26,30H,3,8-9,11,25H2,1-2H3,(H,27,35)(H,28,34)(H,29,33)(H,31,32)(H,36,37). The second kappa shape index (κ2) is 13.4. The summed E-state index contributed by atoms with van der Waals surface area (Å²) in [6.07, 6.45) is 1.46. The SMILES string of the molecule is CCC(C)C(NC(=O)C(N)CC(=O)O)C(=O)NC(Cc1c[nH]c2ccccc12)C(=O)NC(CO)C(=O)O. The molecule has 13 nitrogen and oxygen atoms in total. The van der Waals surface area contributed by atoms with E-state index in [0.717, 1.165) is 10.9 Å². The second-order valence-corrected chi connectivity index (χ2v) is 8.78. The molecule has 0 saturated heterocycles. The van der Waals surface area contributed by atoms with Crippen molar-refractivity contribution in [3.05, 3.63) is 36.0 Å². The van der Waals surface area contributed by atoms with E-state index in [9.17, 15) is 34.2 Å². The molecule has 5 unspecified atom stereocenters. The number of para-hydroxylation sites is 1. The zero-order chi connectivity index (χ0) is 27.7. The molecule has 5 atom stereocenters. The molecule has 1 heterocycles. The number of aromatic amines is 1. The first-order chi connectivity index (χ1) is 17.5. The van der Waals surface area contributed by atoms with Gasteiger partial charge in [-0.1, -0.05) is 38.5 Å². The van der Waals surface area contributed by atoms with E-state index in [1.807, 2.05) is 18.2 Å². The maximum absolute atomic E-state index is 13.3. The molecule has 37 heavy (non-hydrogen) atoms. The molecular formula is C24H33N5O8. The van der Waals surface area contributed by atoms with Crippen LogP contribution >= 0.6 is 0 Å².